The lowest BCUT2D eigenvalue weighted by molar-refractivity contribution is -0.384. The van der Waals surface area contributed by atoms with E-state index in [9.17, 15) is 19.7 Å². The Morgan fingerprint density at radius 2 is 1.88 bits per heavy atom. The zero-order valence-corrected chi connectivity index (χ0v) is 19.6. The molecule has 2 aromatic carbocycles. The first-order chi connectivity index (χ1) is 15.8. The van der Waals surface area contributed by atoms with Gasteiger partial charge in [0.15, 0.2) is 4.80 Å². The molecule has 0 aliphatic carbocycles. The van der Waals surface area contributed by atoms with Crippen molar-refractivity contribution in [1.82, 2.24) is 4.57 Å². The van der Waals surface area contributed by atoms with Crippen LogP contribution >= 0.6 is 23.1 Å². The smallest absolute Gasteiger partial charge is 0.338 e. The van der Waals surface area contributed by atoms with E-state index in [1.165, 1.54) is 35.1 Å². The first-order valence-electron chi connectivity index (χ1n) is 9.83. The number of nitro benzene ring substituents is 1. The number of rotatable bonds is 5. The third-order valence-electron chi connectivity index (χ3n) is 5.26. The van der Waals surface area contributed by atoms with Crippen LogP contribution in [0.4, 0.5) is 5.69 Å². The van der Waals surface area contributed by atoms with Gasteiger partial charge in [-0.3, -0.25) is 19.5 Å². The van der Waals surface area contributed by atoms with E-state index < -0.39 is 16.9 Å². The predicted molar refractivity (Wildman–Crippen MR) is 127 cm³/mol. The van der Waals surface area contributed by atoms with E-state index in [2.05, 4.69) is 4.99 Å². The van der Waals surface area contributed by atoms with Crippen LogP contribution in [0.15, 0.2) is 74.5 Å². The molecule has 10 heteroatoms. The molecule has 2 heterocycles. The van der Waals surface area contributed by atoms with Crippen LogP contribution in [0.25, 0.3) is 6.08 Å². The number of esters is 1. The van der Waals surface area contributed by atoms with E-state index >= 15 is 0 Å². The molecule has 0 saturated heterocycles. The highest BCUT2D eigenvalue weighted by Gasteiger charge is 2.33. The van der Waals surface area contributed by atoms with Crippen LogP contribution in [-0.4, -0.2) is 28.8 Å². The molecule has 0 bridgehead atoms. The lowest BCUT2D eigenvalue weighted by Crippen LogP contribution is -2.39. The Morgan fingerprint density at radius 1 is 1.21 bits per heavy atom. The van der Waals surface area contributed by atoms with Gasteiger partial charge >= 0.3 is 5.97 Å². The molecule has 0 spiro atoms. The molecule has 0 radical (unpaired) electrons. The summed E-state index contributed by atoms with van der Waals surface area (Å²) in [6, 6.07) is 12.9. The Balaban J connectivity index is 1.90. The molecule has 1 aromatic heterocycles. The number of hydrogen-bond donors (Lipinski definition) is 0. The lowest BCUT2D eigenvalue weighted by atomic mass is 9.96. The second-order valence-electron chi connectivity index (χ2n) is 7.20. The molecular formula is C23H19N3O5S2. The number of aromatic nitrogens is 1. The summed E-state index contributed by atoms with van der Waals surface area (Å²) in [7, 11) is 1.30. The molecule has 0 N–H and O–H groups in total. The highest BCUT2D eigenvalue weighted by atomic mass is 32.2. The molecule has 8 nitrogen and oxygen atoms in total. The Morgan fingerprint density at radius 3 is 2.45 bits per heavy atom. The van der Waals surface area contributed by atoms with Crippen molar-refractivity contribution in [1.29, 1.82) is 0 Å². The van der Waals surface area contributed by atoms with Gasteiger partial charge in [-0.15, -0.1) is 11.8 Å². The van der Waals surface area contributed by atoms with Gasteiger partial charge < -0.3 is 4.74 Å². The number of hydrogen-bond acceptors (Lipinski definition) is 8. The van der Waals surface area contributed by atoms with Crippen LogP contribution in [0.2, 0.25) is 0 Å². The minimum absolute atomic E-state index is 0.0272. The monoisotopic (exact) mass is 481 g/mol. The second kappa shape index (κ2) is 9.16. The molecule has 33 heavy (non-hydrogen) atoms. The topological polar surface area (TPSA) is 104 Å². The number of non-ortho nitro benzene ring substituents is 1. The maximum absolute atomic E-state index is 13.5. The van der Waals surface area contributed by atoms with Gasteiger partial charge in [-0.25, -0.2) is 9.79 Å². The van der Waals surface area contributed by atoms with E-state index in [1.54, 1.807) is 36.9 Å². The highest BCUT2D eigenvalue weighted by molar-refractivity contribution is 7.98. The number of ether oxygens (including phenoxy) is 1. The van der Waals surface area contributed by atoms with Gasteiger partial charge in [0.1, 0.15) is 0 Å². The summed E-state index contributed by atoms with van der Waals surface area (Å²) >= 11 is 2.80. The zero-order chi connectivity index (χ0) is 23.7. The molecule has 0 fully saturated rings. The molecule has 4 rings (SSSR count). The summed E-state index contributed by atoms with van der Waals surface area (Å²) in [6.45, 7) is 1.73. The minimum atomic E-state index is -0.677. The SMILES string of the molecule is COC(=O)C1=C(C)N=c2sc(=Cc3ccc([N+](=O)[O-])cc3)c(=O)n2C1c1ccc(SC)cc1. The number of nitro groups is 1. The number of carbonyl (C=O) groups excluding carboxylic acids is 1. The average Bonchev–Trinajstić information content (AvgIpc) is 3.12. The normalized spacial score (nSPS) is 15.7. The second-order valence-corrected chi connectivity index (χ2v) is 9.08. The summed E-state index contributed by atoms with van der Waals surface area (Å²) in [5, 5.41) is 10.9. The van der Waals surface area contributed by atoms with Crippen molar-refractivity contribution >= 4 is 40.8 Å². The van der Waals surface area contributed by atoms with Gasteiger partial charge in [-0.2, -0.15) is 0 Å². The molecule has 1 aliphatic rings. The van der Waals surface area contributed by atoms with Crippen LogP contribution in [-0.2, 0) is 9.53 Å². The van der Waals surface area contributed by atoms with Crippen LogP contribution in [0.1, 0.15) is 24.1 Å². The van der Waals surface area contributed by atoms with Crippen molar-refractivity contribution in [2.24, 2.45) is 4.99 Å². The van der Waals surface area contributed by atoms with Gasteiger partial charge in [-0.1, -0.05) is 23.5 Å². The van der Waals surface area contributed by atoms with Crippen LogP contribution in [0.3, 0.4) is 0 Å². The number of methoxy groups -OCH3 is 1. The van der Waals surface area contributed by atoms with E-state index in [1.807, 2.05) is 30.5 Å². The summed E-state index contributed by atoms with van der Waals surface area (Å²) < 4.78 is 6.93. The molecule has 0 saturated carbocycles. The first-order valence-corrected chi connectivity index (χ1v) is 11.9. The fourth-order valence-corrected chi connectivity index (χ4v) is 5.09. The molecule has 168 valence electrons. The van der Waals surface area contributed by atoms with Gasteiger partial charge in [0, 0.05) is 17.0 Å². The van der Waals surface area contributed by atoms with Gasteiger partial charge in [0.05, 0.1) is 33.9 Å². The summed E-state index contributed by atoms with van der Waals surface area (Å²) in [4.78, 5) is 42.6. The van der Waals surface area contributed by atoms with E-state index in [0.717, 1.165) is 10.5 Å². The Bertz CT molecular complexity index is 1450. The fraction of sp³-hybridized carbons (Fsp3) is 0.174. The number of allylic oxidation sites excluding steroid dienone is 1. The van der Waals surface area contributed by atoms with Crippen LogP contribution in [0, 0.1) is 10.1 Å². The largest absolute Gasteiger partial charge is 0.466 e. The number of thiazole rings is 1. The Hall–Kier alpha value is -3.50. The molecule has 1 unspecified atom stereocenters. The fourth-order valence-electron chi connectivity index (χ4n) is 3.64. The highest BCUT2D eigenvalue weighted by Crippen LogP contribution is 2.31. The number of carbonyl (C=O) groups is 1. The van der Waals surface area contributed by atoms with E-state index in [4.69, 9.17) is 4.74 Å². The lowest BCUT2D eigenvalue weighted by Gasteiger charge is -2.24. The first kappa shape index (κ1) is 22.7. The predicted octanol–water partition coefficient (Wildman–Crippen LogP) is 3.04. The van der Waals surface area contributed by atoms with Crippen LogP contribution < -0.4 is 14.9 Å². The summed E-state index contributed by atoms with van der Waals surface area (Å²) in [6.07, 6.45) is 3.64. The van der Waals surface area contributed by atoms with Crippen molar-refractivity contribution < 1.29 is 14.5 Å². The molecular weight excluding hydrogens is 462 g/mol. The van der Waals surface area contributed by atoms with Crippen LogP contribution in [0.5, 0.6) is 0 Å². The third-order valence-corrected chi connectivity index (χ3v) is 6.99. The maximum atomic E-state index is 13.5. The molecule has 1 aliphatic heterocycles. The standard InChI is InChI=1S/C23H19N3O5S2/c1-13-19(22(28)31-2)20(15-6-10-17(32-3)11-7-15)25-21(27)18(33-23(25)24-13)12-14-4-8-16(9-5-14)26(29)30/h4-12,20H,1-3H3. The van der Waals surface area contributed by atoms with Gasteiger partial charge in [0.25, 0.3) is 11.2 Å². The molecule has 0 amide bonds. The number of thioether (sulfide) groups is 1. The van der Waals surface area contributed by atoms with Crippen molar-refractivity contribution in [3.05, 3.63) is 101 Å². The molecule has 3 aromatic rings. The van der Waals surface area contributed by atoms with Crippen molar-refractivity contribution in [2.45, 2.75) is 17.9 Å². The van der Waals surface area contributed by atoms with Crippen molar-refractivity contribution in [3.63, 3.8) is 0 Å². The summed E-state index contributed by atoms with van der Waals surface area (Å²) in [5.74, 6) is -0.542. The number of benzene rings is 2. The zero-order valence-electron chi connectivity index (χ0n) is 18.0. The Labute approximate surface area is 196 Å². The quantitative estimate of drug-likeness (QED) is 0.240. The Kier molecular flexibility index (Phi) is 6.30. The maximum Gasteiger partial charge on any atom is 0.338 e. The van der Waals surface area contributed by atoms with Crippen molar-refractivity contribution in [3.8, 4) is 0 Å². The molecule has 1 atom stereocenters. The van der Waals surface area contributed by atoms with Gasteiger partial charge in [-0.05, 0) is 54.6 Å². The summed E-state index contributed by atoms with van der Waals surface area (Å²) in [5.41, 5.74) is 1.89. The average molecular weight is 482 g/mol. The third kappa shape index (κ3) is 4.27. The minimum Gasteiger partial charge on any atom is -0.466 e. The number of nitrogens with zero attached hydrogens (tertiary/aromatic N) is 3. The van der Waals surface area contributed by atoms with Crippen molar-refractivity contribution in [2.75, 3.05) is 13.4 Å². The number of fused-ring (bicyclic) bond motifs is 1. The van der Waals surface area contributed by atoms with E-state index in [0.29, 0.717) is 26.2 Å². The van der Waals surface area contributed by atoms with E-state index in [-0.39, 0.29) is 11.2 Å². The van der Waals surface area contributed by atoms with Gasteiger partial charge in [0.2, 0.25) is 0 Å².